The van der Waals surface area contributed by atoms with E-state index in [9.17, 15) is 0 Å². The van der Waals surface area contributed by atoms with Crippen LogP contribution >= 0.6 is 59.1 Å². The summed E-state index contributed by atoms with van der Waals surface area (Å²) < 4.78 is 3.23. The first-order valence-corrected chi connectivity index (χ1v) is 8.50. The zero-order valence-corrected chi connectivity index (χ0v) is 14.9. The molecule has 1 heterocycles. The molecule has 96 valence electrons. The van der Waals surface area contributed by atoms with Crippen molar-refractivity contribution in [3.05, 3.63) is 53.5 Å². The molecule has 1 aromatic heterocycles. The smallest absolute Gasteiger partial charge is 0.0519 e. The Morgan fingerprint density at radius 2 is 1.94 bits per heavy atom. The molecule has 0 radical (unpaired) electrons. The molecule has 18 heavy (non-hydrogen) atoms. The summed E-state index contributed by atoms with van der Waals surface area (Å²) >= 11 is 12.3. The Labute approximate surface area is 135 Å². The lowest BCUT2D eigenvalue weighted by molar-refractivity contribution is 0.553. The van der Waals surface area contributed by atoms with Crippen LogP contribution in [0.2, 0.25) is 0 Å². The second-order valence-electron chi connectivity index (χ2n) is 3.82. The van der Waals surface area contributed by atoms with Gasteiger partial charge < -0.3 is 0 Å². The minimum absolute atomic E-state index is 0.0856. The summed E-state index contributed by atoms with van der Waals surface area (Å²) in [4.78, 5) is 1.29. The number of rotatable bonds is 4. The van der Waals surface area contributed by atoms with Crippen molar-refractivity contribution in [3.8, 4) is 0 Å². The van der Waals surface area contributed by atoms with Gasteiger partial charge in [0.2, 0.25) is 0 Å². The van der Waals surface area contributed by atoms with Crippen molar-refractivity contribution in [2.45, 2.75) is 12.5 Å². The van der Waals surface area contributed by atoms with E-state index in [-0.39, 0.29) is 6.04 Å². The van der Waals surface area contributed by atoms with Gasteiger partial charge in [-0.3, -0.25) is 11.3 Å². The average Bonchev–Trinajstić information content (AvgIpc) is 2.75. The lowest BCUT2D eigenvalue weighted by Crippen LogP contribution is -2.29. The first-order valence-electron chi connectivity index (χ1n) is 5.24. The van der Waals surface area contributed by atoms with E-state index in [2.05, 4.69) is 70.7 Å². The standard InChI is InChI=1S/C12H11Br3N2S/c13-7-1-2-11(15)10(4-7)12(17-16)5-9-3-8(14)6-18-9/h1-4,6,12,17H,5,16H2. The van der Waals surface area contributed by atoms with Crippen molar-refractivity contribution in [3.63, 3.8) is 0 Å². The summed E-state index contributed by atoms with van der Waals surface area (Å²) in [6.07, 6.45) is 0.863. The number of hydrazine groups is 1. The first-order chi connectivity index (χ1) is 8.60. The molecule has 0 saturated heterocycles. The molecular formula is C12H11Br3N2S. The van der Waals surface area contributed by atoms with E-state index in [1.807, 2.05) is 12.1 Å². The SMILES string of the molecule is NNC(Cc1cc(Br)cs1)c1cc(Br)ccc1Br. The number of thiophene rings is 1. The van der Waals surface area contributed by atoms with E-state index in [0.717, 1.165) is 25.4 Å². The monoisotopic (exact) mass is 452 g/mol. The van der Waals surface area contributed by atoms with Gasteiger partial charge in [-0.15, -0.1) is 11.3 Å². The van der Waals surface area contributed by atoms with E-state index in [0.29, 0.717) is 0 Å². The lowest BCUT2D eigenvalue weighted by Gasteiger charge is -2.17. The van der Waals surface area contributed by atoms with E-state index in [1.54, 1.807) is 11.3 Å². The topological polar surface area (TPSA) is 38.0 Å². The number of hydrogen-bond donors (Lipinski definition) is 2. The Balaban J connectivity index is 2.25. The second kappa shape index (κ2) is 6.63. The summed E-state index contributed by atoms with van der Waals surface area (Å²) in [5.74, 6) is 5.69. The van der Waals surface area contributed by atoms with Gasteiger partial charge in [-0.2, -0.15) is 0 Å². The zero-order valence-electron chi connectivity index (χ0n) is 9.29. The van der Waals surface area contributed by atoms with Gasteiger partial charge in [-0.25, -0.2) is 0 Å². The molecular weight excluding hydrogens is 444 g/mol. The predicted octanol–water partition coefficient (Wildman–Crippen LogP) is 4.78. The molecule has 1 atom stereocenters. The molecule has 0 spiro atoms. The summed E-state index contributed by atoms with van der Waals surface area (Å²) in [6, 6.07) is 8.32. The molecule has 0 aliphatic heterocycles. The summed E-state index contributed by atoms with van der Waals surface area (Å²) in [5, 5.41) is 2.08. The second-order valence-corrected chi connectivity index (χ2v) is 7.50. The minimum atomic E-state index is 0.0856. The van der Waals surface area contributed by atoms with Gasteiger partial charge in [0.1, 0.15) is 0 Å². The molecule has 2 rings (SSSR count). The van der Waals surface area contributed by atoms with Crippen LogP contribution in [0.15, 0.2) is 43.1 Å². The van der Waals surface area contributed by atoms with Crippen LogP contribution in [-0.4, -0.2) is 0 Å². The van der Waals surface area contributed by atoms with Gasteiger partial charge in [-0.05, 0) is 45.8 Å². The predicted molar refractivity (Wildman–Crippen MR) is 87.6 cm³/mol. The number of nitrogens with two attached hydrogens (primary N) is 1. The summed E-state index contributed by atoms with van der Waals surface area (Å²) in [7, 11) is 0. The maximum atomic E-state index is 5.69. The van der Waals surface area contributed by atoms with Crippen molar-refractivity contribution < 1.29 is 0 Å². The van der Waals surface area contributed by atoms with Crippen LogP contribution in [0, 0.1) is 0 Å². The molecule has 0 aliphatic carbocycles. The third kappa shape index (κ3) is 3.65. The molecule has 0 saturated carbocycles. The highest BCUT2D eigenvalue weighted by atomic mass is 79.9. The Morgan fingerprint density at radius 1 is 1.17 bits per heavy atom. The normalized spacial score (nSPS) is 12.7. The van der Waals surface area contributed by atoms with Gasteiger partial charge in [0, 0.05) is 30.1 Å². The van der Waals surface area contributed by atoms with E-state index < -0.39 is 0 Å². The third-order valence-corrected chi connectivity index (χ3v) is 5.50. The van der Waals surface area contributed by atoms with Crippen LogP contribution in [0.1, 0.15) is 16.5 Å². The van der Waals surface area contributed by atoms with E-state index in [1.165, 1.54) is 4.88 Å². The molecule has 0 aliphatic rings. The molecule has 1 unspecified atom stereocenters. The van der Waals surface area contributed by atoms with Crippen molar-refractivity contribution in [1.29, 1.82) is 0 Å². The highest BCUT2D eigenvalue weighted by Crippen LogP contribution is 2.30. The molecule has 0 bridgehead atoms. The quantitative estimate of drug-likeness (QED) is 0.515. The Hall–Kier alpha value is 0.280. The Kier molecular flexibility index (Phi) is 5.41. The maximum Gasteiger partial charge on any atom is 0.0519 e. The van der Waals surface area contributed by atoms with Crippen molar-refractivity contribution in [2.24, 2.45) is 5.84 Å². The van der Waals surface area contributed by atoms with Gasteiger partial charge in [0.05, 0.1) is 6.04 Å². The van der Waals surface area contributed by atoms with Gasteiger partial charge >= 0.3 is 0 Å². The molecule has 0 amide bonds. The van der Waals surface area contributed by atoms with Crippen molar-refractivity contribution >= 4 is 59.1 Å². The van der Waals surface area contributed by atoms with Crippen molar-refractivity contribution in [1.82, 2.24) is 5.43 Å². The fraction of sp³-hybridized carbons (Fsp3) is 0.167. The summed E-state index contributed by atoms with van der Waals surface area (Å²) in [5.41, 5.74) is 4.03. The van der Waals surface area contributed by atoms with Crippen LogP contribution in [0.25, 0.3) is 0 Å². The Bertz CT molecular complexity index is 542. The van der Waals surface area contributed by atoms with Crippen LogP contribution in [0.5, 0.6) is 0 Å². The van der Waals surface area contributed by atoms with Crippen LogP contribution in [0.4, 0.5) is 0 Å². The fourth-order valence-corrected chi connectivity index (χ4v) is 4.10. The maximum absolute atomic E-state index is 5.69. The molecule has 0 fully saturated rings. The molecule has 2 aromatic rings. The lowest BCUT2D eigenvalue weighted by atomic mass is 10.0. The Morgan fingerprint density at radius 3 is 2.56 bits per heavy atom. The van der Waals surface area contributed by atoms with Gasteiger partial charge in [0.25, 0.3) is 0 Å². The molecule has 1 aromatic carbocycles. The molecule has 2 nitrogen and oxygen atoms in total. The molecule has 3 N–H and O–H groups in total. The minimum Gasteiger partial charge on any atom is -0.271 e. The van der Waals surface area contributed by atoms with Crippen molar-refractivity contribution in [2.75, 3.05) is 0 Å². The summed E-state index contributed by atoms with van der Waals surface area (Å²) in [6.45, 7) is 0. The molecule has 6 heteroatoms. The van der Waals surface area contributed by atoms with E-state index in [4.69, 9.17) is 5.84 Å². The zero-order chi connectivity index (χ0) is 13.1. The van der Waals surface area contributed by atoms with Crippen LogP contribution in [0.3, 0.4) is 0 Å². The number of halogens is 3. The van der Waals surface area contributed by atoms with Gasteiger partial charge in [0.15, 0.2) is 0 Å². The third-order valence-electron chi connectivity index (χ3n) is 2.56. The van der Waals surface area contributed by atoms with Gasteiger partial charge in [-0.1, -0.05) is 31.9 Å². The highest BCUT2D eigenvalue weighted by Gasteiger charge is 2.15. The average molecular weight is 455 g/mol. The first kappa shape index (κ1) is 14.7. The largest absolute Gasteiger partial charge is 0.271 e. The number of nitrogens with one attached hydrogen (secondary N) is 1. The number of hydrogen-bond acceptors (Lipinski definition) is 3. The van der Waals surface area contributed by atoms with Crippen LogP contribution in [-0.2, 0) is 6.42 Å². The highest BCUT2D eigenvalue weighted by molar-refractivity contribution is 9.11. The van der Waals surface area contributed by atoms with Crippen LogP contribution < -0.4 is 11.3 Å². The van der Waals surface area contributed by atoms with E-state index >= 15 is 0 Å². The fourth-order valence-electron chi connectivity index (χ4n) is 1.70. The number of benzene rings is 1.